The third-order valence-corrected chi connectivity index (χ3v) is 3.58. The lowest BCUT2D eigenvalue weighted by atomic mass is 10.1. The van der Waals surface area contributed by atoms with E-state index in [4.69, 9.17) is 5.11 Å². The molecule has 0 bridgehead atoms. The molecule has 0 heterocycles. The average Bonchev–Trinajstić information content (AvgIpc) is 2.56. The Balaban J connectivity index is 2.04. The lowest BCUT2D eigenvalue weighted by molar-refractivity contribution is -0.132. The molecule has 2 rings (SSSR count). The van der Waals surface area contributed by atoms with Crippen LogP contribution in [0, 0.1) is 0 Å². The summed E-state index contributed by atoms with van der Waals surface area (Å²) in [6.07, 6.45) is 1.89. The third-order valence-electron chi connectivity index (χ3n) is 3.58. The number of unbranched alkanes of at least 4 members (excludes halogenated alkanes) is 1. The van der Waals surface area contributed by atoms with E-state index in [-0.39, 0.29) is 12.5 Å². The molecule has 0 radical (unpaired) electrons. The van der Waals surface area contributed by atoms with Gasteiger partial charge < -0.3 is 10.0 Å². The van der Waals surface area contributed by atoms with Crippen molar-refractivity contribution >= 4 is 5.91 Å². The Hall–Kier alpha value is -2.13. The normalized spacial score (nSPS) is 10.4. The SMILES string of the molecule is O=C(CCCCO)N(Cc1ccccc1)Cc1ccccc1. The van der Waals surface area contributed by atoms with E-state index in [0.29, 0.717) is 25.9 Å². The predicted octanol–water partition coefficient (Wildman–Crippen LogP) is 3.38. The zero-order valence-corrected chi connectivity index (χ0v) is 12.8. The molecule has 0 fully saturated rings. The van der Waals surface area contributed by atoms with Crippen molar-refractivity contribution in [1.29, 1.82) is 0 Å². The highest BCUT2D eigenvalue weighted by molar-refractivity contribution is 5.76. The number of aliphatic hydroxyl groups is 1. The van der Waals surface area contributed by atoms with Crippen LogP contribution in [0.25, 0.3) is 0 Å². The second kappa shape index (κ2) is 9.00. The molecule has 0 unspecified atom stereocenters. The van der Waals surface area contributed by atoms with Crippen LogP contribution in [0.1, 0.15) is 30.4 Å². The second-order valence-corrected chi connectivity index (χ2v) is 5.40. The summed E-state index contributed by atoms with van der Waals surface area (Å²) in [5.74, 6) is 0.140. The fourth-order valence-electron chi connectivity index (χ4n) is 2.39. The largest absolute Gasteiger partial charge is 0.396 e. The maximum Gasteiger partial charge on any atom is 0.223 e. The number of aliphatic hydroxyl groups excluding tert-OH is 1. The number of nitrogens with zero attached hydrogens (tertiary/aromatic N) is 1. The van der Waals surface area contributed by atoms with E-state index in [0.717, 1.165) is 17.5 Å². The molecule has 2 aromatic rings. The summed E-state index contributed by atoms with van der Waals surface area (Å²) in [4.78, 5) is 14.4. The van der Waals surface area contributed by atoms with E-state index in [2.05, 4.69) is 0 Å². The van der Waals surface area contributed by atoms with Gasteiger partial charge in [-0.05, 0) is 24.0 Å². The molecular formula is C19H23NO2. The molecular weight excluding hydrogens is 274 g/mol. The molecule has 3 nitrogen and oxygen atoms in total. The minimum atomic E-state index is 0.140. The molecule has 0 aliphatic heterocycles. The number of rotatable bonds is 8. The first-order valence-corrected chi connectivity index (χ1v) is 7.76. The number of benzene rings is 2. The Morgan fingerprint density at radius 1 is 0.818 bits per heavy atom. The lowest BCUT2D eigenvalue weighted by Gasteiger charge is -2.23. The fourth-order valence-corrected chi connectivity index (χ4v) is 2.39. The highest BCUT2D eigenvalue weighted by atomic mass is 16.3. The van der Waals surface area contributed by atoms with Crippen LogP contribution in [-0.4, -0.2) is 22.5 Å². The molecule has 1 amide bonds. The summed E-state index contributed by atoms with van der Waals surface area (Å²) >= 11 is 0. The first-order valence-electron chi connectivity index (χ1n) is 7.76. The summed E-state index contributed by atoms with van der Waals surface area (Å²) in [5.41, 5.74) is 2.27. The van der Waals surface area contributed by atoms with Gasteiger partial charge in [0, 0.05) is 26.1 Å². The Labute approximate surface area is 132 Å². The van der Waals surface area contributed by atoms with Crippen LogP contribution in [-0.2, 0) is 17.9 Å². The molecule has 3 heteroatoms. The quantitative estimate of drug-likeness (QED) is 0.759. The van der Waals surface area contributed by atoms with Gasteiger partial charge in [0.15, 0.2) is 0 Å². The Morgan fingerprint density at radius 3 is 1.77 bits per heavy atom. The van der Waals surface area contributed by atoms with Crippen molar-refractivity contribution in [3.8, 4) is 0 Å². The molecule has 0 aliphatic rings. The molecule has 0 saturated heterocycles. The monoisotopic (exact) mass is 297 g/mol. The van der Waals surface area contributed by atoms with E-state index in [1.807, 2.05) is 65.6 Å². The minimum absolute atomic E-state index is 0.140. The smallest absolute Gasteiger partial charge is 0.223 e. The van der Waals surface area contributed by atoms with Crippen LogP contribution < -0.4 is 0 Å². The van der Waals surface area contributed by atoms with E-state index < -0.39 is 0 Å². The van der Waals surface area contributed by atoms with E-state index in [1.165, 1.54) is 0 Å². The van der Waals surface area contributed by atoms with Crippen LogP contribution in [0.3, 0.4) is 0 Å². The maximum atomic E-state index is 12.5. The lowest BCUT2D eigenvalue weighted by Crippen LogP contribution is -2.29. The number of hydrogen-bond donors (Lipinski definition) is 1. The van der Waals surface area contributed by atoms with Crippen LogP contribution in [0.5, 0.6) is 0 Å². The Bertz CT molecular complexity index is 513. The Morgan fingerprint density at radius 2 is 1.32 bits per heavy atom. The van der Waals surface area contributed by atoms with Crippen LogP contribution in [0.15, 0.2) is 60.7 Å². The van der Waals surface area contributed by atoms with Gasteiger partial charge in [0.2, 0.25) is 5.91 Å². The van der Waals surface area contributed by atoms with Crippen LogP contribution >= 0.6 is 0 Å². The zero-order chi connectivity index (χ0) is 15.6. The van der Waals surface area contributed by atoms with E-state index in [9.17, 15) is 4.79 Å². The van der Waals surface area contributed by atoms with Gasteiger partial charge in [-0.3, -0.25) is 4.79 Å². The fraction of sp³-hybridized carbons (Fsp3) is 0.316. The number of carbonyl (C=O) groups is 1. The van der Waals surface area contributed by atoms with Crippen molar-refractivity contribution in [3.63, 3.8) is 0 Å². The molecule has 22 heavy (non-hydrogen) atoms. The molecule has 2 aromatic carbocycles. The van der Waals surface area contributed by atoms with Gasteiger partial charge in [0.25, 0.3) is 0 Å². The average molecular weight is 297 g/mol. The Kier molecular flexibility index (Phi) is 6.65. The topological polar surface area (TPSA) is 40.5 Å². The number of hydrogen-bond acceptors (Lipinski definition) is 2. The van der Waals surface area contributed by atoms with E-state index in [1.54, 1.807) is 0 Å². The third kappa shape index (κ3) is 5.34. The van der Waals surface area contributed by atoms with Gasteiger partial charge in [-0.15, -0.1) is 0 Å². The summed E-state index contributed by atoms with van der Waals surface area (Å²) in [5, 5.41) is 8.86. The first-order chi connectivity index (χ1) is 10.8. The van der Waals surface area contributed by atoms with Gasteiger partial charge in [-0.1, -0.05) is 60.7 Å². The van der Waals surface area contributed by atoms with Gasteiger partial charge >= 0.3 is 0 Å². The molecule has 0 saturated carbocycles. The highest BCUT2D eigenvalue weighted by Gasteiger charge is 2.14. The zero-order valence-electron chi connectivity index (χ0n) is 12.8. The van der Waals surface area contributed by atoms with E-state index >= 15 is 0 Å². The molecule has 116 valence electrons. The summed E-state index contributed by atoms with van der Waals surface area (Å²) < 4.78 is 0. The van der Waals surface area contributed by atoms with Gasteiger partial charge in [0.05, 0.1) is 0 Å². The van der Waals surface area contributed by atoms with Crippen molar-refractivity contribution < 1.29 is 9.90 Å². The first kappa shape index (κ1) is 16.2. The van der Waals surface area contributed by atoms with Crippen LogP contribution in [0.4, 0.5) is 0 Å². The number of carbonyl (C=O) groups excluding carboxylic acids is 1. The summed E-state index contributed by atoms with van der Waals surface area (Å²) in [6, 6.07) is 20.1. The second-order valence-electron chi connectivity index (χ2n) is 5.40. The van der Waals surface area contributed by atoms with Crippen LogP contribution in [0.2, 0.25) is 0 Å². The van der Waals surface area contributed by atoms with Crippen molar-refractivity contribution in [2.24, 2.45) is 0 Å². The molecule has 0 atom stereocenters. The van der Waals surface area contributed by atoms with Crippen molar-refractivity contribution in [1.82, 2.24) is 4.90 Å². The molecule has 0 spiro atoms. The molecule has 0 aliphatic carbocycles. The maximum absolute atomic E-state index is 12.5. The van der Waals surface area contributed by atoms with Crippen molar-refractivity contribution in [3.05, 3.63) is 71.8 Å². The molecule has 1 N–H and O–H groups in total. The standard InChI is InChI=1S/C19H23NO2/c21-14-8-7-13-19(22)20(15-17-9-3-1-4-10-17)16-18-11-5-2-6-12-18/h1-6,9-12,21H,7-8,13-16H2. The van der Waals surface area contributed by atoms with Crippen molar-refractivity contribution in [2.45, 2.75) is 32.4 Å². The van der Waals surface area contributed by atoms with Gasteiger partial charge in [-0.2, -0.15) is 0 Å². The van der Waals surface area contributed by atoms with Gasteiger partial charge in [-0.25, -0.2) is 0 Å². The minimum Gasteiger partial charge on any atom is -0.396 e. The molecule has 0 aromatic heterocycles. The summed E-state index contributed by atoms with van der Waals surface area (Å²) in [6.45, 7) is 1.38. The van der Waals surface area contributed by atoms with Crippen molar-refractivity contribution in [2.75, 3.05) is 6.61 Å². The summed E-state index contributed by atoms with van der Waals surface area (Å²) in [7, 11) is 0. The number of amides is 1. The highest BCUT2D eigenvalue weighted by Crippen LogP contribution is 2.12. The van der Waals surface area contributed by atoms with Gasteiger partial charge in [0.1, 0.15) is 0 Å². The predicted molar refractivity (Wildman–Crippen MR) is 88.1 cm³/mol.